The third-order valence-electron chi connectivity index (χ3n) is 1.92. The molecule has 2 N–H and O–H groups in total. The number of ether oxygens (including phenoxy) is 1. The summed E-state index contributed by atoms with van der Waals surface area (Å²) in [5.74, 6) is 0.366. The van der Waals surface area contributed by atoms with Gasteiger partial charge >= 0.3 is 0 Å². The Hall–Kier alpha value is -0.410. The minimum atomic E-state index is -0.218. The molecule has 1 rings (SSSR count). The second-order valence-corrected chi connectivity index (χ2v) is 2.69. The molecule has 1 saturated heterocycles. The number of hydrogen-bond acceptors (Lipinski definition) is 3. The van der Waals surface area contributed by atoms with E-state index in [1.807, 2.05) is 0 Å². The smallest absolute Gasteiger partial charge is 0.158 e. The van der Waals surface area contributed by atoms with Crippen LogP contribution in [-0.4, -0.2) is 25.0 Å². The van der Waals surface area contributed by atoms with Gasteiger partial charge in [0.05, 0.1) is 0 Å². The summed E-state index contributed by atoms with van der Waals surface area (Å²) in [4.78, 5) is 10.8. The SMILES string of the molecule is CC(=O)C1OCCC1CN. The van der Waals surface area contributed by atoms with Crippen molar-refractivity contribution in [3.05, 3.63) is 0 Å². The van der Waals surface area contributed by atoms with Gasteiger partial charge in [0.25, 0.3) is 0 Å². The Morgan fingerprint density at radius 2 is 2.50 bits per heavy atom. The Balaban J connectivity index is 2.50. The molecule has 1 aliphatic heterocycles. The van der Waals surface area contributed by atoms with Crippen molar-refractivity contribution in [1.29, 1.82) is 0 Å². The number of carbonyl (C=O) groups is 1. The molecule has 0 amide bonds. The normalized spacial score (nSPS) is 32.6. The van der Waals surface area contributed by atoms with Gasteiger partial charge in [0.2, 0.25) is 0 Å². The monoisotopic (exact) mass is 143 g/mol. The number of ketones is 1. The van der Waals surface area contributed by atoms with E-state index in [-0.39, 0.29) is 17.8 Å². The minimum absolute atomic E-state index is 0.105. The first-order valence-electron chi connectivity index (χ1n) is 3.58. The molecule has 3 nitrogen and oxygen atoms in total. The predicted molar refractivity (Wildman–Crippen MR) is 37.6 cm³/mol. The van der Waals surface area contributed by atoms with E-state index in [0.717, 1.165) is 6.42 Å². The van der Waals surface area contributed by atoms with Crippen molar-refractivity contribution in [3.63, 3.8) is 0 Å². The molecular weight excluding hydrogens is 130 g/mol. The Morgan fingerprint density at radius 3 is 2.90 bits per heavy atom. The highest BCUT2D eigenvalue weighted by molar-refractivity contribution is 5.81. The summed E-state index contributed by atoms with van der Waals surface area (Å²) in [6.07, 6.45) is 0.714. The molecular formula is C7H13NO2. The van der Waals surface area contributed by atoms with Gasteiger partial charge < -0.3 is 10.5 Å². The maximum absolute atomic E-state index is 10.8. The molecule has 58 valence electrons. The van der Waals surface area contributed by atoms with E-state index in [0.29, 0.717) is 13.2 Å². The molecule has 10 heavy (non-hydrogen) atoms. The first-order valence-corrected chi connectivity index (χ1v) is 3.58. The van der Waals surface area contributed by atoms with Gasteiger partial charge in [-0.15, -0.1) is 0 Å². The van der Waals surface area contributed by atoms with E-state index in [4.69, 9.17) is 10.5 Å². The molecule has 0 radical (unpaired) electrons. The number of rotatable bonds is 2. The number of hydrogen-bond donors (Lipinski definition) is 1. The number of carbonyl (C=O) groups excluding carboxylic acids is 1. The van der Waals surface area contributed by atoms with E-state index >= 15 is 0 Å². The Morgan fingerprint density at radius 1 is 1.80 bits per heavy atom. The molecule has 0 aromatic carbocycles. The summed E-state index contributed by atoms with van der Waals surface area (Å²) >= 11 is 0. The summed E-state index contributed by atoms with van der Waals surface area (Å²) in [6.45, 7) is 2.80. The third kappa shape index (κ3) is 1.36. The van der Waals surface area contributed by atoms with Gasteiger partial charge in [-0.05, 0) is 19.9 Å². The van der Waals surface area contributed by atoms with Crippen molar-refractivity contribution in [3.8, 4) is 0 Å². The lowest BCUT2D eigenvalue weighted by molar-refractivity contribution is -0.127. The van der Waals surface area contributed by atoms with Crippen LogP contribution in [0.2, 0.25) is 0 Å². The standard InChI is InChI=1S/C7H13NO2/c1-5(9)7-6(4-8)2-3-10-7/h6-7H,2-4,8H2,1H3. The second-order valence-electron chi connectivity index (χ2n) is 2.69. The van der Waals surface area contributed by atoms with Crippen LogP contribution in [0.4, 0.5) is 0 Å². The van der Waals surface area contributed by atoms with E-state index < -0.39 is 0 Å². The molecule has 1 aliphatic rings. The zero-order valence-electron chi connectivity index (χ0n) is 6.17. The van der Waals surface area contributed by atoms with Crippen LogP contribution in [0, 0.1) is 5.92 Å². The molecule has 0 bridgehead atoms. The van der Waals surface area contributed by atoms with E-state index in [1.54, 1.807) is 6.92 Å². The van der Waals surface area contributed by atoms with Crippen LogP contribution in [0.25, 0.3) is 0 Å². The average molecular weight is 143 g/mol. The maximum Gasteiger partial charge on any atom is 0.158 e. The van der Waals surface area contributed by atoms with Crippen LogP contribution in [0.15, 0.2) is 0 Å². The van der Waals surface area contributed by atoms with Crippen LogP contribution in [0.5, 0.6) is 0 Å². The average Bonchev–Trinajstić information content (AvgIpc) is 2.33. The summed E-state index contributed by atoms with van der Waals surface area (Å²) in [5, 5.41) is 0. The fourth-order valence-corrected chi connectivity index (χ4v) is 1.32. The summed E-state index contributed by atoms with van der Waals surface area (Å²) in [5.41, 5.74) is 5.43. The van der Waals surface area contributed by atoms with Gasteiger partial charge in [-0.2, -0.15) is 0 Å². The van der Waals surface area contributed by atoms with Gasteiger partial charge in [0.15, 0.2) is 5.78 Å². The van der Waals surface area contributed by atoms with Crippen molar-refractivity contribution in [2.24, 2.45) is 11.7 Å². The molecule has 0 aromatic rings. The second kappa shape index (κ2) is 3.12. The van der Waals surface area contributed by atoms with Crippen molar-refractivity contribution in [2.45, 2.75) is 19.4 Å². The minimum Gasteiger partial charge on any atom is -0.370 e. The van der Waals surface area contributed by atoms with Crippen LogP contribution in [0.3, 0.4) is 0 Å². The largest absolute Gasteiger partial charge is 0.370 e. The first-order chi connectivity index (χ1) is 4.75. The molecule has 2 unspecified atom stereocenters. The van der Waals surface area contributed by atoms with Crippen LogP contribution in [-0.2, 0) is 9.53 Å². The first kappa shape index (κ1) is 7.69. The van der Waals surface area contributed by atoms with Gasteiger partial charge in [0.1, 0.15) is 6.10 Å². The van der Waals surface area contributed by atoms with Gasteiger partial charge in [-0.3, -0.25) is 4.79 Å². The lowest BCUT2D eigenvalue weighted by Gasteiger charge is -2.12. The molecule has 1 heterocycles. The Labute approximate surface area is 60.5 Å². The van der Waals surface area contributed by atoms with Crippen molar-refractivity contribution in [1.82, 2.24) is 0 Å². The molecule has 1 fully saturated rings. The topological polar surface area (TPSA) is 52.3 Å². The van der Waals surface area contributed by atoms with Gasteiger partial charge in [0, 0.05) is 12.5 Å². The van der Waals surface area contributed by atoms with Crippen molar-refractivity contribution in [2.75, 3.05) is 13.2 Å². The number of nitrogens with two attached hydrogens (primary N) is 1. The fourth-order valence-electron chi connectivity index (χ4n) is 1.32. The van der Waals surface area contributed by atoms with Crippen LogP contribution >= 0.6 is 0 Å². The third-order valence-corrected chi connectivity index (χ3v) is 1.92. The van der Waals surface area contributed by atoms with E-state index in [9.17, 15) is 4.79 Å². The zero-order valence-corrected chi connectivity index (χ0v) is 6.17. The van der Waals surface area contributed by atoms with E-state index in [2.05, 4.69) is 0 Å². The van der Waals surface area contributed by atoms with Crippen molar-refractivity contribution < 1.29 is 9.53 Å². The Bertz CT molecular complexity index is 136. The summed E-state index contributed by atoms with van der Waals surface area (Å²) in [7, 11) is 0. The predicted octanol–water partition coefficient (Wildman–Crippen LogP) is -0.0608. The fraction of sp³-hybridized carbons (Fsp3) is 0.857. The Kier molecular flexibility index (Phi) is 2.40. The molecule has 0 aliphatic carbocycles. The molecule has 0 aromatic heterocycles. The molecule has 0 saturated carbocycles. The quantitative estimate of drug-likeness (QED) is 0.589. The van der Waals surface area contributed by atoms with Crippen LogP contribution in [0.1, 0.15) is 13.3 Å². The molecule has 0 spiro atoms. The highest BCUT2D eigenvalue weighted by Gasteiger charge is 2.30. The summed E-state index contributed by atoms with van der Waals surface area (Å²) < 4.78 is 5.19. The van der Waals surface area contributed by atoms with E-state index in [1.165, 1.54) is 0 Å². The number of Topliss-reactive ketones (excluding diaryl/α,β-unsaturated/α-hetero) is 1. The highest BCUT2D eigenvalue weighted by Crippen LogP contribution is 2.19. The maximum atomic E-state index is 10.8. The van der Waals surface area contributed by atoms with Gasteiger partial charge in [-0.25, -0.2) is 0 Å². The summed E-state index contributed by atoms with van der Waals surface area (Å²) in [6, 6.07) is 0. The molecule has 3 heteroatoms. The molecule has 2 atom stereocenters. The zero-order chi connectivity index (χ0) is 7.56. The van der Waals surface area contributed by atoms with Gasteiger partial charge in [-0.1, -0.05) is 0 Å². The lowest BCUT2D eigenvalue weighted by atomic mass is 9.99. The van der Waals surface area contributed by atoms with Crippen LogP contribution < -0.4 is 5.73 Å². The lowest BCUT2D eigenvalue weighted by Crippen LogP contribution is -2.29. The van der Waals surface area contributed by atoms with Crippen molar-refractivity contribution >= 4 is 5.78 Å². The highest BCUT2D eigenvalue weighted by atomic mass is 16.5.